The van der Waals surface area contributed by atoms with Crippen LogP contribution in [0, 0.1) is 22.7 Å². The second-order valence-corrected chi connectivity index (χ2v) is 6.39. The third-order valence-corrected chi connectivity index (χ3v) is 4.96. The largest absolute Gasteiger partial charge is 0.294 e. The molecule has 27 heavy (non-hydrogen) atoms. The molecule has 0 saturated heterocycles. The molecule has 0 N–H and O–H groups in total. The van der Waals surface area contributed by atoms with Gasteiger partial charge < -0.3 is 0 Å². The lowest BCUT2D eigenvalue weighted by molar-refractivity contribution is -0.112. The van der Waals surface area contributed by atoms with Gasteiger partial charge >= 0.3 is 0 Å². The maximum Gasteiger partial charge on any atom is 0.177 e. The zero-order chi connectivity index (χ0) is 18.5. The number of Topliss-reactive ketones (excluding diaryl/α,β-unsaturated/α-hetero) is 1. The summed E-state index contributed by atoms with van der Waals surface area (Å²) in [5.74, 6) is 0.0264. The van der Waals surface area contributed by atoms with Gasteiger partial charge in [0.1, 0.15) is 12.1 Å². The molecule has 2 aromatic carbocycles. The normalized spacial score (nSPS) is 16.3. The minimum atomic E-state index is -0.0270. The summed E-state index contributed by atoms with van der Waals surface area (Å²) in [5.41, 5.74) is 5.86. The van der Waals surface area contributed by atoms with Crippen LogP contribution in [-0.2, 0) is 11.2 Å². The van der Waals surface area contributed by atoms with Gasteiger partial charge in [0.25, 0.3) is 0 Å². The third-order valence-electron chi connectivity index (χ3n) is 4.96. The highest BCUT2D eigenvalue weighted by Crippen LogP contribution is 2.48. The number of nitrogens with zero attached hydrogens (tertiary/aromatic N) is 4. The average molecular weight is 346 g/mol. The Labute approximate surface area is 154 Å². The summed E-state index contributed by atoms with van der Waals surface area (Å²) in [6.07, 6.45) is 0.349. The van der Waals surface area contributed by atoms with Crippen LogP contribution >= 0.6 is 0 Å². The van der Waals surface area contributed by atoms with Crippen molar-refractivity contribution in [1.82, 2.24) is 9.97 Å². The topological polar surface area (TPSA) is 90.4 Å². The Bertz CT molecular complexity index is 1290. The minimum absolute atomic E-state index is 0.00421. The Morgan fingerprint density at radius 3 is 2.04 bits per heavy atom. The van der Waals surface area contributed by atoms with E-state index in [-0.39, 0.29) is 17.2 Å². The molecule has 5 heteroatoms. The number of hydrogen-bond acceptors (Lipinski definition) is 5. The highest BCUT2D eigenvalue weighted by molar-refractivity contribution is 6.34. The fourth-order valence-electron chi connectivity index (χ4n) is 3.85. The first-order valence-corrected chi connectivity index (χ1v) is 8.41. The number of benzene rings is 2. The first kappa shape index (κ1) is 15.2. The van der Waals surface area contributed by atoms with Crippen LogP contribution in [0.4, 0.5) is 0 Å². The highest BCUT2D eigenvalue weighted by Gasteiger charge is 2.35. The molecule has 1 heterocycles. The van der Waals surface area contributed by atoms with Crippen molar-refractivity contribution in [1.29, 1.82) is 10.5 Å². The second kappa shape index (κ2) is 5.45. The first-order valence-electron chi connectivity index (χ1n) is 8.41. The molecule has 1 aromatic heterocycles. The van der Waals surface area contributed by atoms with E-state index in [0.29, 0.717) is 29.0 Å². The number of allylic oxidation sites excluding steroid dienone is 1. The van der Waals surface area contributed by atoms with Crippen LogP contribution in [0.15, 0.2) is 48.5 Å². The zero-order valence-corrected chi connectivity index (χ0v) is 14.0. The molecule has 5 nitrogen and oxygen atoms in total. The van der Waals surface area contributed by atoms with Gasteiger partial charge in [0.05, 0.1) is 11.4 Å². The second-order valence-electron chi connectivity index (χ2n) is 6.39. The fourth-order valence-corrected chi connectivity index (χ4v) is 3.85. The van der Waals surface area contributed by atoms with E-state index < -0.39 is 0 Å². The summed E-state index contributed by atoms with van der Waals surface area (Å²) in [4.78, 5) is 21.7. The number of hydrogen-bond donors (Lipinski definition) is 0. The van der Waals surface area contributed by atoms with Gasteiger partial charge in [-0.25, -0.2) is 9.97 Å². The van der Waals surface area contributed by atoms with E-state index in [1.807, 2.05) is 60.7 Å². The van der Waals surface area contributed by atoms with Crippen LogP contribution in [-0.4, -0.2) is 15.8 Å². The van der Waals surface area contributed by atoms with Crippen molar-refractivity contribution in [3.05, 3.63) is 82.3 Å². The van der Waals surface area contributed by atoms with Gasteiger partial charge in [0.15, 0.2) is 17.2 Å². The Balaban J connectivity index is 1.93. The molecule has 2 aliphatic rings. The van der Waals surface area contributed by atoms with Crippen molar-refractivity contribution >= 4 is 16.9 Å². The number of carbonyl (C=O) groups is 1. The molecule has 0 spiro atoms. The molecule has 124 valence electrons. The maximum absolute atomic E-state index is 12.9. The minimum Gasteiger partial charge on any atom is -0.294 e. The predicted molar refractivity (Wildman–Crippen MR) is 98.0 cm³/mol. The van der Waals surface area contributed by atoms with Crippen LogP contribution < -0.4 is 0 Å². The number of aromatic nitrogens is 2. The van der Waals surface area contributed by atoms with E-state index >= 15 is 0 Å². The first-order chi connectivity index (χ1) is 13.2. The Morgan fingerprint density at radius 1 is 0.741 bits per heavy atom. The zero-order valence-electron chi connectivity index (χ0n) is 14.0. The molecule has 0 saturated carbocycles. The van der Waals surface area contributed by atoms with Crippen LogP contribution in [0.3, 0.4) is 0 Å². The van der Waals surface area contributed by atoms with Crippen LogP contribution in [0.1, 0.15) is 33.8 Å². The van der Waals surface area contributed by atoms with Gasteiger partial charge in [0.2, 0.25) is 0 Å². The maximum atomic E-state index is 12.9. The quantitative estimate of drug-likeness (QED) is 0.456. The summed E-state index contributed by atoms with van der Waals surface area (Å²) in [7, 11) is 0. The van der Waals surface area contributed by atoms with E-state index in [1.54, 1.807) is 0 Å². The van der Waals surface area contributed by atoms with Crippen molar-refractivity contribution in [2.45, 2.75) is 6.42 Å². The number of fused-ring (bicyclic) bond motifs is 4. The lowest BCUT2D eigenvalue weighted by Crippen LogP contribution is -2.02. The summed E-state index contributed by atoms with van der Waals surface area (Å²) >= 11 is 0. The number of carbonyl (C=O) groups excluding carboxylic acids is 1. The molecular formula is C22H10N4O. The summed E-state index contributed by atoms with van der Waals surface area (Å²) < 4.78 is 0. The van der Waals surface area contributed by atoms with Crippen LogP contribution in [0.25, 0.3) is 22.4 Å². The van der Waals surface area contributed by atoms with Gasteiger partial charge in [0, 0.05) is 23.1 Å². The lowest BCUT2D eigenvalue weighted by atomic mass is 9.96. The van der Waals surface area contributed by atoms with E-state index in [2.05, 4.69) is 9.97 Å². The van der Waals surface area contributed by atoms with Gasteiger partial charge in [-0.2, -0.15) is 10.5 Å². The van der Waals surface area contributed by atoms with Gasteiger partial charge in [-0.05, 0) is 16.7 Å². The lowest BCUT2D eigenvalue weighted by Gasteiger charge is -2.08. The molecule has 0 bridgehead atoms. The Morgan fingerprint density at radius 2 is 1.33 bits per heavy atom. The van der Waals surface area contributed by atoms with Crippen molar-refractivity contribution < 1.29 is 4.79 Å². The van der Waals surface area contributed by atoms with Crippen LogP contribution in [0.2, 0.25) is 0 Å². The molecular weight excluding hydrogens is 336 g/mol. The predicted octanol–water partition coefficient (Wildman–Crippen LogP) is 3.28. The Kier molecular flexibility index (Phi) is 3.07. The summed E-state index contributed by atoms with van der Waals surface area (Å²) in [6, 6.07) is 19.2. The number of rotatable bonds is 0. The molecule has 5 rings (SSSR count). The van der Waals surface area contributed by atoms with Gasteiger partial charge in [-0.1, -0.05) is 48.5 Å². The smallest absolute Gasteiger partial charge is 0.177 e. The average Bonchev–Trinajstić information content (AvgIpc) is 3.20. The monoisotopic (exact) mass is 346 g/mol. The van der Waals surface area contributed by atoms with E-state index in [0.717, 1.165) is 22.3 Å². The third kappa shape index (κ3) is 2.00. The molecule has 0 amide bonds. The summed E-state index contributed by atoms with van der Waals surface area (Å²) in [6.45, 7) is 0. The molecule has 3 aromatic rings. The summed E-state index contributed by atoms with van der Waals surface area (Å²) in [5, 5.41) is 18.7. The van der Waals surface area contributed by atoms with E-state index in [1.165, 1.54) is 0 Å². The van der Waals surface area contributed by atoms with Crippen molar-refractivity contribution in [3.63, 3.8) is 0 Å². The molecule has 2 aliphatic carbocycles. The molecule has 0 unspecified atom stereocenters. The standard InChI is InChI=1S/C22H10N4O/c23-10-16-17(11-24)26-22-20(14-7-3-4-8-15(14)21(22)25-16)19-13-6-2-1-5-12(13)9-18(19)27/h1-8H,9H2/b20-19-. The van der Waals surface area contributed by atoms with E-state index in [9.17, 15) is 15.3 Å². The van der Waals surface area contributed by atoms with E-state index in [4.69, 9.17) is 0 Å². The fraction of sp³-hybridized carbons (Fsp3) is 0.0455. The van der Waals surface area contributed by atoms with Crippen LogP contribution in [0.5, 0.6) is 0 Å². The molecule has 0 atom stereocenters. The SMILES string of the molecule is N#Cc1nc2c(nc1C#N)-c1ccccc1/C2=C1/C(=O)Cc2ccccc21. The highest BCUT2D eigenvalue weighted by atomic mass is 16.1. The Hall–Kier alpha value is -4.09. The molecule has 0 fully saturated rings. The molecule has 0 radical (unpaired) electrons. The van der Waals surface area contributed by atoms with Crippen molar-refractivity contribution in [3.8, 4) is 23.4 Å². The number of nitriles is 2. The van der Waals surface area contributed by atoms with Crippen molar-refractivity contribution in [2.75, 3.05) is 0 Å². The van der Waals surface area contributed by atoms with Gasteiger partial charge in [-0.3, -0.25) is 4.79 Å². The van der Waals surface area contributed by atoms with Crippen molar-refractivity contribution in [2.24, 2.45) is 0 Å². The molecule has 0 aliphatic heterocycles. The van der Waals surface area contributed by atoms with Gasteiger partial charge in [-0.15, -0.1) is 0 Å². The number of ketones is 1.